The highest BCUT2D eigenvalue weighted by atomic mass is 127. The van der Waals surface area contributed by atoms with E-state index < -0.39 is 0 Å². The van der Waals surface area contributed by atoms with Gasteiger partial charge in [0.1, 0.15) is 0 Å². The highest BCUT2D eigenvalue weighted by molar-refractivity contribution is 14.1. The van der Waals surface area contributed by atoms with Gasteiger partial charge in [0.2, 0.25) is 0 Å². The van der Waals surface area contributed by atoms with Crippen molar-refractivity contribution in [3.05, 3.63) is 20.1 Å². The largest absolute Gasteiger partial charge is 0.391 e. The summed E-state index contributed by atoms with van der Waals surface area (Å²) < 4.78 is 0.792. The van der Waals surface area contributed by atoms with Crippen LogP contribution >= 0.6 is 22.6 Å². The Morgan fingerprint density at radius 3 is 3.00 bits per heavy atom. The lowest BCUT2D eigenvalue weighted by Gasteiger charge is -1.86. The van der Waals surface area contributed by atoms with Crippen LogP contribution in [0.2, 0.25) is 0 Å². The third-order valence-corrected chi connectivity index (χ3v) is 1.39. The molecule has 0 saturated carbocycles. The molecule has 0 aliphatic carbocycles. The molecule has 0 fully saturated rings. The van der Waals surface area contributed by atoms with E-state index in [9.17, 15) is 0 Å². The summed E-state index contributed by atoms with van der Waals surface area (Å²) in [4.78, 5) is 2.54. The Hall–Kier alpha value is -0.260. The molecular weight excluding hydrogens is 233 g/mol. The minimum Gasteiger partial charge on any atom is -0.391 e. The van der Waals surface area contributed by atoms with E-state index in [0.29, 0.717) is 6.54 Å². The zero-order chi connectivity index (χ0) is 7.11. The van der Waals surface area contributed by atoms with Crippen molar-refractivity contribution in [2.75, 3.05) is 13.2 Å². The highest BCUT2D eigenvalue weighted by Gasteiger charge is 1.82. The molecule has 0 aromatic rings. The molecular formula is C4H6IN3O. The Bertz CT molecular complexity index is 150. The summed E-state index contributed by atoms with van der Waals surface area (Å²) in [5, 5.41) is 11.7. The fourth-order valence-corrected chi connectivity index (χ4v) is 0.438. The quantitative estimate of drug-likeness (QED) is 0.345. The Labute approximate surface area is 66.3 Å². The lowest BCUT2D eigenvalue weighted by atomic mass is 10.5. The molecule has 0 unspecified atom stereocenters. The monoisotopic (exact) mass is 239 g/mol. The van der Waals surface area contributed by atoms with Crippen LogP contribution in [-0.2, 0) is 0 Å². The number of aliphatic hydroxyl groups excluding tert-OH is 1. The summed E-state index contributed by atoms with van der Waals surface area (Å²) >= 11 is 1.97. The average Bonchev–Trinajstić information content (AvgIpc) is 1.89. The zero-order valence-corrected chi connectivity index (χ0v) is 6.82. The van der Waals surface area contributed by atoms with Crippen molar-refractivity contribution in [1.29, 1.82) is 0 Å². The molecule has 0 radical (unpaired) electrons. The lowest BCUT2D eigenvalue weighted by molar-refractivity contribution is 0.341. The van der Waals surface area contributed by atoms with Gasteiger partial charge in [0.05, 0.1) is 6.61 Å². The summed E-state index contributed by atoms with van der Waals surface area (Å²) in [6.07, 6.45) is 1.67. The molecule has 0 aliphatic heterocycles. The van der Waals surface area contributed by atoms with E-state index in [-0.39, 0.29) is 6.61 Å². The number of hydrogen-bond acceptors (Lipinski definition) is 2. The minimum atomic E-state index is 0.0154. The molecule has 0 aliphatic rings. The highest BCUT2D eigenvalue weighted by Crippen LogP contribution is 2.02. The van der Waals surface area contributed by atoms with Gasteiger partial charge in [-0.05, 0) is 28.1 Å². The molecule has 0 heterocycles. The standard InChI is InChI=1S/C4H6IN3O/c5-4(3-9)1-2-7-8-6/h1,9H,2-3H2/b4-1-. The molecule has 0 spiro atoms. The van der Waals surface area contributed by atoms with Crippen molar-refractivity contribution in [3.8, 4) is 0 Å². The molecule has 0 amide bonds. The van der Waals surface area contributed by atoms with E-state index >= 15 is 0 Å². The van der Waals surface area contributed by atoms with Crippen LogP contribution in [0.15, 0.2) is 14.8 Å². The lowest BCUT2D eigenvalue weighted by Crippen LogP contribution is -1.80. The van der Waals surface area contributed by atoms with Crippen LogP contribution in [-0.4, -0.2) is 18.3 Å². The molecule has 0 aromatic heterocycles. The van der Waals surface area contributed by atoms with E-state index in [1.807, 2.05) is 22.6 Å². The molecule has 0 saturated heterocycles. The van der Waals surface area contributed by atoms with Gasteiger partial charge in [0.15, 0.2) is 0 Å². The molecule has 0 bridgehead atoms. The molecule has 1 N–H and O–H groups in total. The van der Waals surface area contributed by atoms with Crippen molar-refractivity contribution in [2.45, 2.75) is 0 Å². The fraction of sp³-hybridized carbons (Fsp3) is 0.500. The second-order valence-electron chi connectivity index (χ2n) is 1.22. The van der Waals surface area contributed by atoms with Gasteiger partial charge in [0.25, 0.3) is 0 Å². The number of nitrogens with zero attached hydrogens (tertiary/aromatic N) is 3. The maximum Gasteiger partial charge on any atom is 0.0735 e. The van der Waals surface area contributed by atoms with Crippen molar-refractivity contribution >= 4 is 22.6 Å². The molecule has 5 heteroatoms. The van der Waals surface area contributed by atoms with E-state index in [1.54, 1.807) is 6.08 Å². The number of halogens is 1. The van der Waals surface area contributed by atoms with Gasteiger partial charge in [0, 0.05) is 15.0 Å². The maximum atomic E-state index is 8.42. The van der Waals surface area contributed by atoms with Gasteiger partial charge < -0.3 is 5.11 Å². The second-order valence-corrected chi connectivity index (χ2v) is 2.61. The van der Waals surface area contributed by atoms with Crippen LogP contribution in [0.3, 0.4) is 0 Å². The summed E-state index contributed by atoms with van der Waals surface area (Å²) in [6, 6.07) is 0. The van der Waals surface area contributed by atoms with Crippen LogP contribution in [0.1, 0.15) is 0 Å². The third-order valence-electron chi connectivity index (χ3n) is 0.609. The Morgan fingerprint density at radius 2 is 2.56 bits per heavy atom. The van der Waals surface area contributed by atoms with Crippen LogP contribution in [0, 0.1) is 0 Å². The number of azide groups is 1. The third kappa shape index (κ3) is 5.61. The van der Waals surface area contributed by atoms with Crippen LogP contribution in [0.5, 0.6) is 0 Å². The van der Waals surface area contributed by atoms with Gasteiger partial charge in [-0.1, -0.05) is 11.2 Å². The average molecular weight is 239 g/mol. The molecule has 0 atom stereocenters. The van der Waals surface area contributed by atoms with Crippen molar-refractivity contribution in [2.24, 2.45) is 5.11 Å². The molecule has 9 heavy (non-hydrogen) atoms. The van der Waals surface area contributed by atoms with E-state index in [2.05, 4.69) is 10.0 Å². The first-order valence-electron chi connectivity index (χ1n) is 2.27. The number of rotatable bonds is 3. The van der Waals surface area contributed by atoms with E-state index in [0.717, 1.165) is 3.58 Å². The first-order valence-corrected chi connectivity index (χ1v) is 3.35. The van der Waals surface area contributed by atoms with Crippen molar-refractivity contribution < 1.29 is 5.11 Å². The minimum absolute atomic E-state index is 0.0154. The molecule has 0 aromatic carbocycles. The fourth-order valence-electron chi connectivity index (χ4n) is 0.241. The normalized spacial score (nSPS) is 10.7. The van der Waals surface area contributed by atoms with Gasteiger partial charge in [-0.3, -0.25) is 0 Å². The van der Waals surface area contributed by atoms with E-state index in [4.69, 9.17) is 10.6 Å². The Balaban J connectivity index is 3.55. The van der Waals surface area contributed by atoms with Gasteiger partial charge in [-0.25, -0.2) is 0 Å². The summed E-state index contributed by atoms with van der Waals surface area (Å²) in [6.45, 7) is 0.330. The SMILES string of the molecule is [N-]=[N+]=NC/C=C(\I)CO. The molecule has 4 nitrogen and oxygen atoms in total. The van der Waals surface area contributed by atoms with Crippen LogP contribution in [0.4, 0.5) is 0 Å². The maximum absolute atomic E-state index is 8.42. The van der Waals surface area contributed by atoms with Gasteiger partial charge in [-0.15, -0.1) is 0 Å². The Morgan fingerprint density at radius 1 is 1.89 bits per heavy atom. The van der Waals surface area contributed by atoms with Crippen molar-refractivity contribution in [1.82, 2.24) is 0 Å². The smallest absolute Gasteiger partial charge is 0.0735 e. The van der Waals surface area contributed by atoms with Gasteiger partial charge in [-0.2, -0.15) is 0 Å². The first kappa shape index (κ1) is 8.74. The topological polar surface area (TPSA) is 69.0 Å². The predicted octanol–water partition coefficient (Wildman–Crippen LogP) is 1.61. The second kappa shape index (κ2) is 5.87. The molecule has 50 valence electrons. The van der Waals surface area contributed by atoms with E-state index in [1.165, 1.54) is 0 Å². The molecule has 0 rings (SSSR count). The Kier molecular flexibility index (Phi) is 5.70. The van der Waals surface area contributed by atoms with Crippen molar-refractivity contribution in [3.63, 3.8) is 0 Å². The number of hydrogen-bond donors (Lipinski definition) is 1. The summed E-state index contributed by atoms with van der Waals surface area (Å²) in [5.41, 5.74) is 7.82. The summed E-state index contributed by atoms with van der Waals surface area (Å²) in [5.74, 6) is 0. The van der Waals surface area contributed by atoms with Crippen LogP contribution in [0.25, 0.3) is 10.4 Å². The first-order chi connectivity index (χ1) is 4.31. The predicted molar refractivity (Wildman–Crippen MR) is 43.2 cm³/mol. The zero-order valence-electron chi connectivity index (χ0n) is 4.66. The number of aliphatic hydroxyl groups is 1. The summed E-state index contributed by atoms with van der Waals surface area (Å²) in [7, 11) is 0. The van der Waals surface area contributed by atoms with Crippen LogP contribution < -0.4 is 0 Å². The van der Waals surface area contributed by atoms with Gasteiger partial charge >= 0.3 is 0 Å².